The van der Waals surface area contributed by atoms with Gasteiger partial charge in [0.15, 0.2) is 11.6 Å². The number of likely N-dealkylation sites (tertiary alicyclic amines) is 1. The summed E-state index contributed by atoms with van der Waals surface area (Å²) in [5, 5.41) is 8.73. The molecule has 1 saturated heterocycles. The molecule has 5 nitrogen and oxygen atoms in total. The summed E-state index contributed by atoms with van der Waals surface area (Å²) in [7, 11) is 0. The van der Waals surface area contributed by atoms with Gasteiger partial charge in [0, 0.05) is 19.5 Å². The number of amides is 1. The van der Waals surface area contributed by atoms with Gasteiger partial charge >= 0.3 is 5.97 Å². The molecule has 0 bridgehead atoms. The summed E-state index contributed by atoms with van der Waals surface area (Å²) in [5.74, 6) is -1.21. The van der Waals surface area contributed by atoms with Crippen LogP contribution in [-0.2, 0) is 9.59 Å². The first kappa shape index (κ1) is 15.3. The van der Waals surface area contributed by atoms with Crippen LogP contribution < -0.4 is 4.74 Å². The average molecular weight is 295 g/mol. The summed E-state index contributed by atoms with van der Waals surface area (Å²) in [6, 6.07) is 6.05. The average Bonchev–Trinajstić information content (AvgIpc) is 2.88. The number of carboxylic acids is 1. The molecule has 1 aromatic carbocycles. The number of hydrogen-bond donors (Lipinski definition) is 1. The summed E-state index contributed by atoms with van der Waals surface area (Å²) in [5.41, 5.74) is 0. The van der Waals surface area contributed by atoms with Crippen molar-refractivity contribution in [2.75, 3.05) is 19.7 Å². The van der Waals surface area contributed by atoms with E-state index >= 15 is 0 Å². The second kappa shape index (κ2) is 7.06. The number of carbonyl (C=O) groups excluding carboxylic acids is 1. The van der Waals surface area contributed by atoms with Crippen LogP contribution in [0.5, 0.6) is 5.75 Å². The molecule has 6 heteroatoms. The smallest absolute Gasteiger partial charge is 0.303 e. The molecule has 1 amide bonds. The van der Waals surface area contributed by atoms with Crippen molar-refractivity contribution in [2.45, 2.75) is 19.3 Å². The van der Waals surface area contributed by atoms with Crippen LogP contribution in [0.2, 0.25) is 0 Å². The largest absolute Gasteiger partial charge is 0.490 e. The molecular weight excluding hydrogens is 277 g/mol. The molecule has 1 aromatic rings. The fraction of sp³-hybridized carbons (Fsp3) is 0.467. The van der Waals surface area contributed by atoms with Gasteiger partial charge in [-0.05, 0) is 24.5 Å². The van der Waals surface area contributed by atoms with E-state index in [9.17, 15) is 14.0 Å². The number of aliphatic carboxylic acids is 1. The molecule has 0 saturated carbocycles. The van der Waals surface area contributed by atoms with E-state index in [0.29, 0.717) is 19.5 Å². The second-order valence-electron chi connectivity index (χ2n) is 5.12. The van der Waals surface area contributed by atoms with Crippen molar-refractivity contribution in [3.63, 3.8) is 0 Å². The van der Waals surface area contributed by atoms with Crippen molar-refractivity contribution in [1.82, 2.24) is 4.90 Å². The Bertz CT molecular complexity index is 520. The van der Waals surface area contributed by atoms with E-state index in [4.69, 9.17) is 9.84 Å². The van der Waals surface area contributed by atoms with Gasteiger partial charge < -0.3 is 14.7 Å². The monoisotopic (exact) mass is 295 g/mol. The fourth-order valence-electron chi connectivity index (χ4n) is 2.44. The van der Waals surface area contributed by atoms with Gasteiger partial charge in [-0.3, -0.25) is 9.59 Å². The molecule has 0 aliphatic carbocycles. The van der Waals surface area contributed by atoms with E-state index in [1.54, 1.807) is 17.0 Å². The zero-order chi connectivity index (χ0) is 15.2. The summed E-state index contributed by atoms with van der Waals surface area (Å²) in [4.78, 5) is 24.2. The molecule has 1 fully saturated rings. The van der Waals surface area contributed by atoms with Crippen LogP contribution >= 0.6 is 0 Å². The Morgan fingerprint density at radius 1 is 1.38 bits per heavy atom. The standard InChI is InChI=1S/C15H18FNO4/c16-12-3-1-2-4-13(12)21-8-6-14(18)17-7-5-11(10-17)9-15(19)20/h1-4,11H,5-10H2,(H,19,20). The van der Waals surface area contributed by atoms with E-state index in [1.165, 1.54) is 12.1 Å². The van der Waals surface area contributed by atoms with Gasteiger partial charge in [-0.25, -0.2) is 4.39 Å². The lowest BCUT2D eigenvalue weighted by atomic mass is 10.1. The van der Waals surface area contributed by atoms with Crippen LogP contribution in [0.25, 0.3) is 0 Å². The number of rotatable bonds is 6. The van der Waals surface area contributed by atoms with Crippen molar-refractivity contribution < 1.29 is 23.8 Å². The molecule has 0 aromatic heterocycles. The van der Waals surface area contributed by atoms with Crippen molar-refractivity contribution >= 4 is 11.9 Å². The Labute approximate surface area is 122 Å². The number of hydrogen-bond acceptors (Lipinski definition) is 3. The molecule has 21 heavy (non-hydrogen) atoms. The molecule has 2 rings (SSSR count). The van der Waals surface area contributed by atoms with Crippen molar-refractivity contribution in [1.29, 1.82) is 0 Å². The Balaban J connectivity index is 1.73. The van der Waals surface area contributed by atoms with Crippen LogP contribution in [0.15, 0.2) is 24.3 Å². The lowest BCUT2D eigenvalue weighted by Crippen LogP contribution is -2.30. The quantitative estimate of drug-likeness (QED) is 0.870. The molecule has 0 radical (unpaired) electrons. The predicted molar refractivity (Wildman–Crippen MR) is 73.5 cm³/mol. The molecule has 1 unspecified atom stereocenters. The van der Waals surface area contributed by atoms with Gasteiger partial charge in [0.1, 0.15) is 0 Å². The number of para-hydroxylation sites is 1. The Hall–Kier alpha value is -2.11. The highest BCUT2D eigenvalue weighted by Gasteiger charge is 2.27. The molecule has 1 aliphatic heterocycles. The van der Waals surface area contributed by atoms with Crippen LogP contribution in [0, 0.1) is 11.7 Å². The first-order chi connectivity index (χ1) is 10.1. The number of carboxylic acid groups (broad SMARTS) is 1. The zero-order valence-corrected chi connectivity index (χ0v) is 11.6. The SMILES string of the molecule is O=C(O)CC1CCN(C(=O)CCOc2ccccc2F)C1. The van der Waals surface area contributed by atoms with Gasteiger partial charge in [-0.15, -0.1) is 0 Å². The van der Waals surface area contributed by atoms with Gasteiger partial charge in [-0.2, -0.15) is 0 Å². The number of carbonyl (C=O) groups is 2. The third-order valence-electron chi connectivity index (χ3n) is 3.51. The number of ether oxygens (including phenoxy) is 1. The lowest BCUT2D eigenvalue weighted by molar-refractivity contribution is -0.138. The number of nitrogens with zero attached hydrogens (tertiary/aromatic N) is 1. The molecule has 1 aliphatic rings. The summed E-state index contributed by atoms with van der Waals surface area (Å²) in [6.45, 7) is 1.17. The minimum atomic E-state index is -0.836. The fourth-order valence-corrected chi connectivity index (χ4v) is 2.44. The number of benzene rings is 1. The Morgan fingerprint density at radius 2 is 2.14 bits per heavy atom. The summed E-state index contributed by atoms with van der Waals surface area (Å²) >= 11 is 0. The first-order valence-electron chi connectivity index (χ1n) is 6.93. The van der Waals surface area contributed by atoms with E-state index in [2.05, 4.69) is 0 Å². The molecule has 1 N–H and O–H groups in total. The maximum absolute atomic E-state index is 13.3. The van der Waals surface area contributed by atoms with Gasteiger partial charge in [0.25, 0.3) is 0 Å². The topological polar surface area (TPSA) is 66.8 Å². The molecule has 1 heterocycles. The van der Waals surface area contributed by atoms with Gasteiger partial charge in [0.05, 0.1) is 13.0 Å². The first-order valence-corrected chi connectivity index (χ1v) is 6.93. The van der Waals surface area contributed by atoms with Crippen LogP contribution in [0.3, 0.4) is 0 Å². The lowest BCUT2D eigenvalue weighted by Gasteiger charge is -2.16. The minimum absolute atomic E-state index is 0.0268. The van der Waals surface area contributed by atoms with Gasteiger partial charge in [-0.1, -0.05) is 12.1 Å². The van der Waals surface area contributed by atoms with Crippen molar-refractivity contribution in [3.8, 4) is 5.75 Å². The highest BCUT2D eigenvalue weighted by molar-refractivity contribution is 5.76. The van der Waals surface area contributed by atoms with E-state index < -0.39 is 11.8 Å². The third kappa shape index (κ3) is 4.44. The van der Waals surface area contributed by atoms with Gasteiger partial charge in [0.2, 0.25) is 5.91 Å². The number of halogens is 1. The highest BCUT2D eigenvalue weighted by Crippen LogP contribution is 2.20. The van der Waals surface area contributed by atoms with E-state index in [-0.39, 0.29) is 37.0 Å². The predicted octanol–water partition coefficient (Wildman–Crippen LogP) is 1.92. The second-order valence-corrected chi connectivity index (χ2v) is 5.12. The van der Waals surface area contributed by atoms with Crippen LogP contribution in [0.1, 0.15) is 19.3 Å². The van der Waals surface area contributed by atoms with E-state index in [0.717, 1.165) is 0 Å². The van der Waals surface area contributed by atoms with Crippen LogP contribution in [0.4, 0.5) is 4.39 Å². The van der Waals surface area contributed by atoms with Crippen molar-refractivity contribution in [2.24, 2.45) is 5.92 Å². The Morgan fingerprint density at radius 3 is 2.86 bits per heavy atom. The highest BCUT2D eigenvalue weighted by atomic mass is 19.1. The summed E-state index contributed by atoms with van der Waals surface area (Å²) in [6.07, 6.45) is 0.968. The molecular formula is C15H18FNO4. The van der Waals surface area contributed by atoms with Crippen molar-refractivity contribution in [3.05, 3.63) is 30.1 Å². The molecule has 0 spiro atoms. The zero-order valence-electron chi connectivity index (χ0n) is 11.6. The maximum Gasteiger partial charge on any atom is 0.303 e. The third-order valence-corrected chi connectivity index (χ3v) is 3.51. The Kier molecular flexibility index (Phi) is 5.14. The molecule has 114 valence electrons. The minimum Gasteiger partial charge on any atom is -0.490 e. The van der Waals surface area contributed by atoms with E-state index in [1.807, 2.05) is 0 Å². The summed E-state index contributed by atoms with van der Waals surface area (Å²) < 4.78 is 18.6. The van der Waals surface area contributed by atoms with Crippen LogP contribution in [-0.4, -0.2) is 41.6 Å². The normalized spacial score (nSPS) is 17.8. The maximum atomic E-state index is 13.3. The molecule has 1 atom stereocenters.